The molecule has 13 heavy (non-hydrogen) atoms. The Morgan fingerprint density at radius 3 is 2.00 bits per heavy atom. The average Bonchev–Trinajstić information content (AvgIpc) is 2.65. The summed E-state index contributed by atoms with van der Waals surface area (Å²) in [7, 11) is 2.02. The molecule has 2 atom stereocenters. The summed E-state index contributed by atoms with van der Waals surface area (Å²) in [4.78, 5) is 0. The summed E-state index contributed by atoms with van der Waals surface area (Å²) < 4.78 is 5.54. The lowest BCUT2D eigenvalue weighted by Crippen LogP contribution is -2.42. The summed E-state index contributed by atoms with van der Waals surface area (Å²) in [6.45, 7) is 11.2. The summed E-state index contributed by atoms with van der Waals surface area (Å²) in [5.41, 5.74) is 0.487. The highest BCUT2D eigenvalue weighted by Crippen LogP contribution is 2.42. The molecule has 1 saturated heterocycles. The van der Waals surface area contributed by atoms with Gasteiger partial charge in [0.15, 0.2) is 0 Å². The quantitative estimate of drug-likeness (QED) is 0.679. The van der Waals surface area contributed by atoms with Gasteiger partial charge in [-0.05, 0) is 39.7 Å². The van der Waals surface area contributed by atoms with Crippen LogP contribution in [0.5, 0.6) is 0 Å². The van der Waals surface area contributed by atoms with Gasteiger partial charge in [0.05, 0.1) is 12.2 Å². The SMILES string of the molecule is CNC(C)(C)CC(C)(C)C1OC1C. The van der Waals surface area contributed by atoms with Crippen LogP contribution in [0, 0.1) is 5.41 Å². The van der Waals surface area contributed by atoms with Crippen molar-refractivity contribution in [2.45, 2.75) is 58.8 Å². The second-order valence-corrected chi connectivity index (χ2v) is 5.56. The third kappa shape index (κ3) is 2.68. The Morgan fingerprint density at radius 2 is 1.69 bits per heavy atom. The van der Waals surface area contributed by atoms with Gasteiger partial charge in [-0.15, -0.1) is 0 Å². The molecule has 78 valence electrons. The molecule has 0 spiro atoms. The van der Waals surface area contributed by atoms with E-state index in [1.807, 2.05) is 7.05 Å². The lowest BCUT2D eigenvalue weighted by atomic mass is 9.77. The molecule has 0 aromatic carbocycles. The van der Waals surface area contributed by atoms with Crippen molar-refractivity contribution in [1.82, 2.24) is 5.32 Å². The second kappa shape index (κ2) is 3.25. The topological polar surface area (TPSA) is 24.6 Å². The second-order valence-electron chi connectivity index (χ2n) is 5.56. The molecule has 1 rings (SSSR count). The molecular weight excluding hydrogens is 162 g/mol. The lowest BCUT2D eigenvalue weighted by molar-refractivity contribution is 0.174. The van der Waals surface area contributed by atoms with Crippen molar-refractivity contribution < 1.29 is 4.74 Å². The largest absolute Gasteiger partial charge is 0.369 e. The minimum absolute atomic E-state index is 0.204. The molecule has 0 amide bonds. The number of hydrogen-bond donors (Lipinski definition) is 1. The Kier molecular flexibility index (Phi) is 2.75. The molecule has 0 aromatic rings. The van der Waals surface area contributed by atoms with Crippen LogP contribution in [-0.4, -0.2) is 24.8 Å². The van der Waals surface area contributed by atoms with Gasteiger partial charge in [0, 0.05) is 5.54 Å². The Hall–Kier alpha value is -0.0800. The van der Waals surface area contributed by atoms with E-state index in [1.165, 1.54) is 0 Å². The highest BCUT2D eigenvalue weighted by atomic mass is 16.6. The Morgan fingerprint density at radius 1 is 1.23 bits per heavy atom. The minimum Gasteiger partial charge on any atom is -0.369 e. The highest BCUT2D eigenvalue weighted by Gasteiger charge is 2.48. The fraction of sp³-hybridized carbons (Fsp3) is 1.00. The predicted octanol–water partition coefficient (Wildman–Crippen LogP) is 2.19. The van der Waals surface area contributed by atoms with E-state index in [4.69, 9.17) is 4.74 Å². The van der Waals surface area contributed by atoms with Crippen LogP contribution >= 0.6 is 0 Å². The number of epoxide rings is 1. The van der Waals surface area contributed by atoms with E-state index in [0.29, 0.717) is 12.2 Å². The third-order valence-electron chi connectivity index (χ3n) is 3.06. The van der Waals surface area contributed by atoms with E-state index in [9.17, 15) is 0 Å². The summed E-state index contributed by atoms with van der Waals surface area (Å²) in [6.07, 6.45) is 2.06. The first kappa shape index (κ1) is 11.0. The zero-order valence-corrected chi connectivity index (χ0v) is 9.77. The van der Waals surface area contributed by atoms with Crippen LogP contribution in [0.2, 0.25) is 0 Å². The van der Waals surface area contributed by atoms with Gasteiger partial charge in [-0.2, -0.15) is 0 Å². The molecular formula is C11H23NO. The van der Waals surface area contributed by atoms with Gasteiger partial charge in [0.25, 0.3) is 0 Å². The molecule has 1 aliphatic heterocycles. The van der Waals surface area contributed by atoms with Crippen molar-refractivity contribution in [3.05, 3.63) is 0 Å². The van der Waals surface area contributed by atoms with E-state index >= 15 is 0 Å². The van der Waals surface area contributed by atoms with Crippen LogP contribution in [0.15, 0.2) is 0 Å². The van der Waals surface area contributed by atoms with E-state index in [2.05, 4.69) is 39.9 Å². The van der Waals surface area contributed by atoms with Gasteiger partial charge in [0.1, 0.15) is 0 Å². The normalized spacial score (nSPS) is 29.1. The first-order valence-electron chi connectivity index (χ1n) is 5.13. The first-order valence-corrected chi connectivity index (χ1v) is 5.13. The van der Waals surface area contributed by atoms with Gasteiger partial charge >= 0.3 is 0 Å². The Labute approximate surface area is 82.0 Å². The molecule has 0 radical (unpaired) electrons. The van der Waals surface area contributed by atoms with Gasteiger partial charge in [-0.25, -0.2) is 0 Å². The van der Waals surface area contributed by atoms with E-state index in [1.54, 1.807) is 0 Å². The molecule has 1 fully saturated rings. The van der Waals surface area contributed by atoms with Gasteiger partial charge in [-0.1, -0.05) is 13.8 Å². The zero-order valence-electron chi connectivity index (χ0n) is 9.77. The number of ether oxygens (including phenoxy) is 1. The van der Waals surface area contributed by atoms with Crippen molar-refractivity contribution >= 4 is 0 Å². The third-order valence-corrected chi connectivity index (χ3v) is 3.06. The monoisotopic (exact) mass is 185 g/mol. The molecule has 2 unspecified atom stereocenters. The maximum atomic E-state index is 5.54. The van der Waals surface area contributed by atoms with Gasteiger partial charge in [0.2, 0.25) is 0 Å². The van der Waals surface area contributed by atoms with Crippen molar-refractivity contribution in [3.63, 3.8) is 0 Å². The fourth-order valence-corrected chi connectivity index (χ4v) is 2.33. The van der Waals surface area contributed by atoms with Gasteiger partial charge < -0.3 is 10.1 Å². The summed E-state index contributed by atoms with van der Waals surface area (Å²) in [6, 6.07) is 0. The number of nitrogens with one attached hydrogen (secondary N) is 1. The number of hydrogen-bond acceptors (Lipinski definition) is 2. The fourth-order valence-electron chi connectivity index (χ4n) is 2.33. The van der Waals surface area contributed by atoms with Crippen LogP contribution in [0.1, 0.15) is 41.0 Å². The molecule has 0 aliphatic carbocycles. The number of rotatable bonds is 4. The molecule has 1 heterocycles. The maximum absolute atomic E-state index is 5.54. The molecule has 0 aromatic heterocycles. The van der Waals surface area contributed by atoms with Gasteiger partial charge in [-0.3, -0.25) is 0 Å². The smallest absolute Gasteiger partial charge is 0.0890 e. The van der Waals surface area contributed by atoms with Crippen LogP contribution in [0.3, 0.4) is 0 Å². The molecule has 0 bridgehead atoms. The van der Waals surface area contributed by atoms with Crippen molar-refractivity contribution in [2.75, 3.05) is 7.05 Å². The Balaban J connectivity index is 2.51. The first-order chi connectivity index (χ1) is 5.78. The van der Waals surface area contributed by atoms with E-state index in [-0.39, 0.29) is 11.0 Å². The van der Waals surface area contributed by atoms with Crippen molar-refractivity contribution in [2.24, 2.45) is 5.41 Å². The van der Waals surface area contributed by atoms with Crippen molar-refractivity contribution in [1.29, 1.82) is 0 Å². The highest BCUT2D eigenvalue weighted by molar-refractivity contribution is 4.97. The summed E-state index contributed by atoms with van der Waals surface area (Å²) in [5, 5.41) is 3.34. The minimum atomic E-state index is 0.204. The lowest BCUT2D eigenvalue weighted by Gasteiger charge is -2.34. The summed E-state index contributed by atoms with van der Waals surface area (Å²) in [5.74, 6) is 0. The van der Waals surface area contributed by atoms with Crippen LogP contribution < -0.4 is 5.32 Å². The van der Waals surface area contributed by atoms with E-state index in [0.717, 1.165) is 6.42 Å². The molecule has 2 nitrogen and oxygen atoms in total. The standard InChI is InChI=1S/C11H23NO/c1-8-9(13-8)10(2,3)7-11(4,5)12-6/h8-9,12H,7H2,1-6H3. The van der Waals surface area contributed by atoms with Crippen LogP contribution in [0.25, 0.3) is 0 Å². The molecule has 1 aliphatic rings. The predicted molar refractivity (Wildman–Crippen MR) is 55.9 cm³/mol. The van der Waals surface area contributed by atoms with Crippen LogP contribution in [-0.2, 0) is 4.74 Å². The maximum Gasteiger partial charge on any atom is 0.0890 e. The summed E-state index contributed by atoms with van der Waals surface area (Å²) >= 11 is 0. The molecule has 1 N–H and O–H groups in total. The zero-order chi connectivity index (χ0) is 10.3. The molecule has 0 saturated carbocycles. The Bertz CT molecular complexity index is 187. The van der Waals surface area contributed by atoms with Crippen molar-refractivity contribution in [3.8, 4) is 0 Å². The average molecular weight is 185 g/mol. The van der Waals surface area contributed by atoms with Crippen LogP contribution in [0.4, 0.5) is 0 Å². The van der Waals surface area contributed by atoms with E-state index < -0.39 is 0 Å². The molecule has 2 heteroatoms.